The van der Waals surface area contributed by atoms with Crippen molar-refractivity contribution in [1.82, 2.24) is 0 Å². The summed E-state index contributed by atoms with van der Waals surface area (Å²) in [6.45, 7) is 2.63. The maximum Gasteiger partial charge on any atom is 2.00 e. The summed E-state index contributed by atoms with van der Waals surface area (Å²) < 4.78 is 0. The zero-order valence-electron chi connectivity index (χ0n) is 10.7. The van der Waals surface area contributed by atoms with Gasteiger partial charge >= 0.3 is 17.1 Å². The molecule has 0 bridgehead atoms. The molecule has 1 radical (unpaired) electrons. The van der Waals surface area contributed by atoms with Gasteiger partial charge in [-0.2, -0.15) is 0 Å². The molecule has 0 amide bonds. The standard InChI is InChI=1S/2C5H11NO3.Cu/c2*1-3(2-7)4(6)5(8)9;/h2*3-4,7H,2,6H2,1H3,(H,8,9);/q;;+2/p-2/t2*3-,4+;/m00./s1. The van der Waals surface area contributed by atoms with Crippen LogP contribution in [-0.4, -0.2) is 47.4 Å². The second kappa shape index (κ2) is 12.3. The van der Waals surface area contributed by atoms with Gasteiger partial charge in [-0.05, 0) is 11.8 Å². The van der Waals surface area contributed by atoms with Gasteiger partial charge in [0.1, 0.15) is 0 Å². The number of nitrogens with two attached hydrogens (primary N) is 2. The molecule has 0 aromatic rings. The van der Waals surface area contributed by atoms with Crippen molar-refractivity contribution < 1.29 is 47.1 Å². The van der Waals surface area contributed by atoms with Crippen LogP contribution in [0.25, 0.3) is 0 Å². The number of rotatable bonds is 6. The number of carbonyl (C=O) groups is 2. The first kappa shape index (κ1) is 23.4. The Balaban J connectivity index is -0.000000256. The van der Waals surface area contributed by atoms with E-state index in [0.717, 1.165) is 0 Å². The monoisotopic (exact) mass is 327 g/mol. The molecule has 0 aliphatic rings. The van der Waals surface area contributed by atoms with E-state index in [1.807, 2.05) is 0 Å². The molecule has 0 saturated heterocycles. The van der Waals surface area contributed by atoms with Gasteiger partial charge in [0.15, 0.2) is 0 Å². The van der Waals surface area contributed by atoms with E-state index in [1.165, 1.54) is 0 Å². The van der Waals surface area contributed by atoms with Crippen molar-refractivity contribution in [3.8, 4) is 0 Å². The summed E-state index contributed by atoms with van der Waals surface area (Å²) in [6, 6.07) is -2.12. The summed E-state index contributed by atoms with van der Waals surface area (Å²) in [5.41, 5.74) is 10.1. The maximum atomic E-state index is 9.95. The summed E-state index contributed by atoms with van der Waals surface area (Å²) in [7, 11) is 0. The van der Waals surface area contributed by atoms with Gasteiger partial charge in [0.2, 0.25) is 0 Å². The molecule has 0 aromatic carbocycles. The van der Waals surface area contributed by atoms with Crippen LogP contribution >= 0.6 is 0 Å². The molecule has 0 aromatic heterocycles. The fourth-order valence-corrected chi connectivity index (χ4v) is 0.692. The first-order valence-electron chi connectivity index (χ1n) is 5.33. The largest absolute Gasteiger partial charge is 2.00 e. The summed E-state index contributed by atoms with van der Waals surface area (Å²) in [5, 5.41) is 36.7. The third kappa shape index (κ3) is 10.9. The van der Waals surface area contributed by atoms with E-state index in [-0.39, 0.29) is 30.3 Å². The van der Waals surface area contributed by atoms with Gasteiger partial charge < -0.3 is 41.5 Å². The molecule has 0 saturated carbocycles. The van der Waals surface area contributed by atoms with Crippen molar-refractivity contribution in [1.29, 1.82) is 0 Å². The van der Waals surface area contributed by atoms with Gasteiger partial charge in [0.25, 0.3) is 0 Å². The number of carboxylic acid groups (broad SMARTS) is 2. The Hall–Kier alpha value is -0.701. The van der Waals surface area contributed by atoms with Crippen molar-refractivity contribution >= 4 is 11.9 Å². The maximum absolute atomic E-state index is 9.95. The molecule has 0 aliphatic carbocycles. The van der Waals surface area contributed by atoms with Crippen molar-refractivity contribution in [2.75, 3.05) is 13.2 Å². The van der Waals surface area contributed by atoms with Crippen LogP contribution in [-0.2, 0) is 26.7 Å². The van der Waals surface area contributed by atoms with Crippen LogP contribution in [0.1, 0.15) is 13.8 Å². The van der Waals surface area contributed by atoms with E-state index in [9.17, 15) is 19.8 Å². The first-order valence-corrected chi connectivity index (χ1v) is 5.33. The van der Waals surface area contributed by atoms with Crippen LogP contribution in [0.2, 0.25) is 0 Å². The molecular formula is C10H20CuN2O6. The molecule has 0 unspecified atom stereocenters. The Morgan fingerprint density at radius 2 is 1.16 bits per heavy atom. The van der Waals surface area contributed by atoms with E-state index >= 15 is 0 Å². The fourth-order valence-electron chi connectivity index (χ4n) is 0.692. The average molecular weight is 328 g/mol. The van der Waals surface area contributed by atoms with Gasteiger partial charge in [-0.25, -0.2) is 0 Å². The molecule has 6 N–H and O–H groups in total. The molecule has 8 nitrogen and oxygen atoms in total. The summed E-state index contributed by atoms with van der Waals surface area (Å²) >= 11 is 0. The fraction of sp³-hybridized carbons (Fsp3) is 0.800. The SMILES string of the molecule is C[C@@H](CO)[C@@H](N)C(=O)[O-].C[C@@H](CO)[C@@H](N)C(=O)[O-].[Cu+2]. The summed E-state index contributed by atoms with van der Waals surface area (Å²) in [6.07, 6.45) is 0. The third-order valence-electron chi connectivity index (χ3n) is 2.35. The Kier molecular flexibility index (Phi) is 15.2. The summed E-state index contributed by atoms with van der Waals surface area (Å²) in [5.74, 6) is -3.52. The number of carbonyl (C=O) groups excluding carboxylic acids is 2. The Morgan fingerprint density at radius 1 is 0.947 bits per heavy atom. The Bertz CT molecular complexity index is 240. The molecule has 0 spiro atoms. The van der Waals surface area contributed by atoms with Gasteiger partial charge in [-0.15, -0.1) is 0 Å². The zero-order chi connectivity index (χ0) is 14.9. The number of carboxylic acids is 2. The minimum absolute atomic E-state index is 0. The third-order valence-corrected chi connectivity index (χ3v) is 2.35. The second-order valence-electron chi connectivity index (χ2n) is 4.01. The van der Waals surface area contributed by atoms with Gasteiger partial charge in [-0.1, -0.05) is 13.8 Å². The van der Waals surface area contributed by atoms with Crippen molar-refractivity contribution in [3.05, 3.63) is 0 Å². The van der Waals surface area contributed by atoms with Crippen LogP contribution in [0.15, 0.2) is 0 Å². The molecule has 0 heterocycles. The van der Waals surface area contributed by atoms with Gasteiger partial charge in [-0.3, -0.25) is 0 Å². The number of aliphatic carboxylic acids is 2. The quantitative estimate of drug-likeness (QED) is 0.352. The smallest absolute Gasteiger partial charge is 0.548 e. The first-order chi connectivity index (χ1) is 8.18. The van der Waals surface area contributed by atoms with E-state index in [1.54, 1.807) is 13.8 Å². The van der Waals surface area contributed by atoms with Gasteiger partial charge in [0, 0.05) is 25.3 Å². The predicted molar refractivity (Wildman–Crippen MR) is 58.5 cm³/mol. The van der Waals surface area contributed by atoms with E-state index in [0.29, 0.717) is 0 Å². The van der Waals surface area contributed by atoms with Crippen LogP contribution in [0.3, 0.4) is 0 Å². The Labute approximate surface area is 122 Å². The van der Waals surface area contributed by atoms with E-state index < -0.39 is 35.9 Å². The van der Waals surface area contributed by atoms with Gasteiger partial charge in [0.05, 0.1) is 11.9 Å². The van der Waals surface area contributed by atoms with Crippen molar-refractivity contribution in [3.63, 3.8) is 0 Å². The predicted octanol–water partition coefficient (Wildman–Crippen LogP) is -4.62. The van der Waals surface area contributed by atoms with E-state index in [4.69, 9.17) is 21.7 Å². The molecule has 0 fully saturated rings. The number of aliphatic hydroxyl groups excluding tert-OH is 2. The summed E-state index contributed by atoms with van der Waals surface area (Å²) in [4.78, 5) is 19.9. The topological polar surface area (TPSA) is 173 Å². The number of hydrogen-bond donors (Lipinski definition) is 4. The van der Waals surface area contributed by atoms with Crippen LogP contribution < -0.4 is 21.7 Å². The normalized spacial score (nSPS) is 15.9. The molecule has 9 heteroatoms. The van der Waals surface area contributed by atoms with Crippen molar-refractivity contribution in [2.45, 2.75) is 25.9 Å². The average Bonchev–Trinajstić information content (AvgIpc) is 2.35. The molecular weight excluding hydrogens is 308 g/mol. The molecule has 117 valence electrons. The van der Waals surface area contributed by atoms with E-state index in [2.05, 4.69) is 0 Å². The second-order valence-corrected chi connectivity index (χ2v) is 4.01. The zero-order valence-corrected chi connectivity index (χ0v) is 11.6. The van der Waals surface area contributed by atoms with Crippen LogP contribution in [0.4, 0.5) is 0 Å². The molecule has 0 aliphatic heterocycles. The molecule has 4 atom stereocenters. The van der Waals surface area contributed by atoms with Crippen molar-refractivity contribution in [2.24, 2.45) is 23.3 Å². The molecule has 0 rings (SSSR count). The number of aliphatic hydroxyl groups is 2. The minimum atomic E-state index is -1.32. The van der Waals surface area contributed by atoms with Crippen LogP contribution in [0, 0.1) is 11.8 Å². The molecule has 19 heavy (non-hydrogen) atoms. The number of hydrogen-bond acceptors (Lipinski definition) is 8. The van der Waals surface area contributed by atoms with Crippen LogP contribution in [0.5, 0.6) is 0 Å². The Morgan fingerprint density at radius 3 is 1.21 bits per heavy atom. The minimum Gasteiger partial charge on any atom is -0.548 e.